The Morgan fingerprint density at radius 3 is 2.56 bits per heavy atom. The van der Waals surface area contributed by atoms with E-state index < -0.39 is 5.97 Å². The van der Waals surface area contributed by atoms with Crippen molar-refractivity contribution in [1.82, 2.24) is 4.90 Å². The lowest BCUT2D eigenvalue weighted by Gasteiger charge is -2.14. The molecule has 1 rings (SSSR count). The summed E-state index contributed by atoms with van der Waals surface area (Å²) >= 11 is 0. The van der Waals surface area contributed by atoms with Gasteiger partial charge in [0.2, 0.25) is 0 Å². The fourth-order valence-electron chi connectivity index (χ4n) is 2.17. The van der Waals surface area contributed by atoms with E-state index in [1.54, 1.807) is 0 Å². The minimum absolute atomic E-state index is 0.260. The monoisotopic (exact) mass is 249 g/mol. The Morgan fingerprint density at radius 2 is 2.00 bits per heavy atom. The zero-order valence-electron chi connectivity index (χ0n) is 11.5. The van der Waals surface area contributed by atoms with Crippen molar-refractivity contribution in [3.8, 4) is 0 Å². The zero-order chi connectivity index (χ0) is 13.5. The van der Waals surface area contributed by atoms with E-state index in [9.17, 15) is 9.90 Å². The number of carboxylic acid groups (broad SMARTS) is 1. The van der Waals surface area contributed by atoms with Crippen LogP contribution >= 0.6 is 0 Å². The highest BCUT2D eigenvalue weighted by Gasteiger charge is 2.16. The van der Waals surface area contributed by atoms with E-state index in [-0.39, 0.29) is 5.92 Å². The molecule has 0 bridgehead atoms. The van der Waals surface area contributed by atoms with Gasteiger partial charge in [0.05, 0.1) is 5.92 Å². The lowest BCUT2D eigenvalue weighted by atomic mass is 9.94. The number of aliphatic carboxylic acids is 1. The van der Waals surface area contributed by atoms with Crippen molar-refractivity contribution in [3.05, 3.63) is 35.4 Å². The lowest BCUT2D eigenvalue weighted by molar-refractivity contribution is -0.141. The van der Waals surface area contributed by atoms with Crippen LogP contribution in [0.15, 0.2) is 24.3 Å². The number of hydrogen-bond acceptors (Lipinski definition) is 2. The van der Waals surface area contributed by atoms with E-state index in [1.165, 1.54) is 5.56 Å². The van der Waals surface area contributed by atoms with Gasteiger partial charge < -0.3 is 10.0 Å². The van der Waals surface area contributed by atoms with Gasteiger partial charge in [-0.3, -0.25) is 4.79 Å². The molecular weight excluding hydrogens is 226 g/mol. The average Bonchev–Trinajstić information content (AvgIpc) is 2.28. The molecular formula is C15H23NO2. The standard InChI is InChI=1S/C15H23NO2/c1-4-6-14(15(17)18)10-12-7-5-8-13(9-12)11-16(2)3/h5,7-9,14H,4,6,10-11H2,1-3H3,(H,17,18). The first-order chi connectivity index (χ1) is 8.52. The number of nitrogens with zero attached hydrogens (tertiary/aromatic N) is 1. The number of rotatable bonds is 7. The van der Waals surface area contributed by atoms with Gasteiger partial charge in [0.25, 0.3) is 0 Å². The highest BCUT2D eigenvalue weighted by molar-refractivity contribution is 5.70. The molecule has 0 heterocycles. The Morgan fingerprint density at radius 1 is 1.33 bits per heavy atom. The summed E-state index contributed by atoms with van der Waals surface area (Å²) in [7, 11) is 4.06. The summed E-state index contributed by atoms with van der Waals surface area (Å²) < 4.78 is 0. The summed E-state index contributed by atoms with van der Waals surface area (Å²) in [4.78, 5) is 13.3. The minimum atomic E-state index is -0.685. The molecule has 1 aromatic carbocycles. The van der Waals surface area contributed by atoms with Crippen LogP contribution in [0.1, 0.15) is 30.9 Å². The van der Waals surface area contributed by atoms with Gasteiger partial charge in [-0.25, -0.2) is 0 Å². The smallest absolute Gasteiger partial charge is 0.306 e. The van der Waals surface area contributed by atoms with Gasteiger partial charge in [-0.1, -0.05) is 37.6 Å². The third kappa shape index (κ3) is 4.88. The van der Waals surface area contributed by atoms with Crippen molar-refractivity contribution in [1.29, 1.82) is 0 Å². The second-order valence-corrected chi connectivity index (χ2v) is 5.09. The predicted octanol–water partition coefficient (Wildman–Crippen LogP) is 2.79. The quantitative estimate of drug-likeness (QED) is 0.807. The fourth-order valence-corrected chi connectivity index (χ4v) is 2.17. The summed E-state index contributed by atoms with van der Waals surface area (Å²) in [5, 5.41) is 9.17. The Kier molecular flexibility index (Phi) is 5.86. The molecule has 3 heteroatoms. The van der Waals surface area contributed by atoms with Crippen LogP contribution in [0.3, 0.4) is 0 Å². The molecule has 1 N–H and O–H groups in total. The molecule has 0 radical (unpaired) electrons. The van der Waals surface area contributed by atoms with Crippen LogP contribution in [-0.4, -0.2) is 30.1 Å². The maximum Gasteiger partial charge on any atom is 0.306 e. The van der Waals surface area contributed by atoms with Gasteiger partial charge in [-0.05, 0) is 38.1 Å². The van der Waals surface area contributed by atoms with E-state index >= 15 is 0 Å². The van der Waals surface area contributed by atoms with Gasteiger partial charge in [-0.15, -0.1) is 0 Å². The molecule has 0 amide bonds. The topological polar surface area (TPSA) is 40.5 Å². The van der Waals surface area contributed by atoms with Crippen LogP contribution in [0.2, 0.25) is 0 Å². The molecule has 1 aromatic rings. The minimum Gasteiger partial charge on any atom is -0.481 e. The molecule has 1 atom stereocenters. The molecule has 0 fully saturated rings. The van der Waals surface area contributed by atoms with E-state index in [1.807, 2.05) is 33.2 Å². The van der Waals surface area contributed by atoms with Crippen LogP contribution < -0.4 is 0 Å². The van der Waals surface area contributed by atoms with Crippen LogP contribution in [-0.2, 0) is 17.8 Å². The molecule has 0 aliphatic rings. The summed E-state index contributed by atoms with van der Waals surface area (Å²) in [6.07, 6.45) is 2.28. The van der Waals surface area contributed by atoms with Crippen molar-refractivity contribution in [2.24, 2.45) is 5.92 Å². The van der Waals surface area contributed by atoms with Crippen molar-refractivity contribution >= 4 is 5.97 Å². The Bertz CT molecular complexity index is 388. The highest BCUT2D eigenvalue weighted by Crippen LogP contribution is 2.16. The van der Waals surface area contributed by atoms with E-state index in [4.69, 9.17) is 0 Å². The molecule has 1 unspecified atom stereocenters. The van der Waals surface area contributed by atoms with E-state index in [0.29, 0.717) is 6.42 Å². The fraction of sp³-hybridized carbons (Fsp3) is 0.533. The molecule has 3 nitrogen and oxygen atoms in total. The van der Waals surface area contributed by atoms with Gasteiger partial charge in [0.15, 0.2) is 0 Å². The first kappa shape index (κ1) is 14.7. The largest absolute Gasteiger partial charge is 0.481 e. The van der Waals surface area contributed by atoms with Gasteiger partial charge in [0.1, 0.15) is 0 Å². The van der Waals surface area contributed by atoms with Gasteiger partial charge >= 0.3 is 5.97 Å². The second kappa shape index (κ2) is 7.17. The Labute approximate surface area is 109 Å². The summed E-state index contributed by atoms with van der Waals surface area (Å²) in [5.74, 6) is -0.945. The van der Waals surface area contributed by atoms with Gasteiger partial charge in [0, 0.05) is 6.54 Å². The first-order valence-electron chi connectivity index (χ1n) is 6.48. The third-order valence-corrected chi connectivity index (χ3v) is 2.96. The third-order valence-electron chi connectivity index (χ3n) is 2.96. The van der Waals surface area contributed by atoms with Crippen molar-refractivity contribution in [2.45, 2.75) is 32.7 Å². The predicted molar refractivity (Wildman–Crippen MR) is 73.6 cm³/mol. The maximum atomic E-state index is 11.1. The number of hydrogen-bond donors (Lipinski definition) is 1. The molecule has 0 saturated heterocycles. The van der Waals surface area contributed by atoms with Gasteiger partial charge in [-0.2, -0.15) is 0 Å². The molecule has 0 aliphatic carbocycles. The van der Waals surface area contributed by atoms with Crippen LogP contribution in [0, 0.1) is 5.92 Å². The summed E-state index contributed by atoms with van der Waals surface area (Å²) in [6.45, 7) is 2.91. The molecule has 0 aromatic heterocycles. The average molecular weight is 249 g/mol. The molecule has 100 valence electrons. The lowest BCUT2D eigenvalue weighted by Crippen LogP contribution is -2.16. The van der Waals surface area contributed by atoms with E-state index in [2.05, 4.69) is 17.0 Å². The summed E-state index contributed by atoms with van der Waals surface area (Å²) in [5.41, 5.74) is 2.35. The Hall–Kier alpha value is -1.35. The summed E-state index contributed by atoms with van der Waals surface area (Å²) in [6, 6.07) is 8.23. The van der Waals surface area contributed by atoms with Crippen molar-refractivity contribution < 1.29 is 9.90 Å². The molecule has 0 saturated carbocycles. The van der Waals surface area contributed by atoms with E-state index in [0.717, 1.165) is 24.9 Å². The zero-order valence-corrected chi connectivity index (χ0v) is 11.5. The van der Waals surface area contributed by atoms with Crippen LogP contribution in [0.4, 0.5) is 0 Å². The number of carboxylic acids is 1. The number of carbonyl (C=O) groups is 1. The first-order valence-corrected chi connectivity index (χ1v) is 6.48. The molecule has 0 spiro atoms. The number of benzene rings is 1. The molecule has 18 heavy (non-hydrogen) atoms. The van der Waals surface area contributed by atoms with Crippen molar-refractivity contribution in [2.75, 3.05) is 14.1 Å². The van der Waals surface area contributed by atoms with Crippen LogP contribution in [0.25, 0.3) is 0 Å². The van der Waals surface area contributed by atoms with Crippen LogP contribution in [0.5, 0.6) is 0 Å². The second-order valence-electron chi connectivity index (χ2n) is 5.09. The molecule has 0 aliphatic heterocycles. The Balaban J connectivity index is 2.73. The SMILES string of the molecule is CCCC(Cc1cccc(CN(C)C)c1)C(=O)O. The maximum absolute atomic E-state index is 11.1. The highest BCUT2D eigenvalue weighted by atomic mass is 16.4. The van der Waals surface area contributed by atoms with Crippen molar-refractivity contribution in [3.63, 3.8) is 0 Å². The normalized spacial score (nSPS) is 12.7.